The van der Waals surface area contributed by atoms with E-state index < -0.39 is 0 Å². The molecule has 1 fully saturated rings. The Hall–Kier alpha value is -0.480. The minimum absolute atomic E-state index is 0.836. The first-order valence-corrected chi connectivity index (χ1v) is 3.60. The zero-order chi connectivity index (χ0) is 6.53. The summed E-state index contributed by atoms with van der Waals surface area (Å²) in [5.74, 6) is 2.62. The van der Waals surface area contributed by atoms with Crippen LogP contribution in [0.5, 0.6) is 0 Å². The maximum absolute atomic E-state index is 5.08. The number of unbranched alkanes of at least 4 members (excludes halogenated alkanes) is 1. The highest BCUT2D eigenvalue weighted by Crippen LogP contribution is 2.18. The molecule has 1 N–H and O–H groups in total. The maximum Gasteiger partial charge on any atom is 0.00981 e. The molecule has 0 atom stereocenters. The zero-order valence-corrected chi connectivity index (χ0v) is 5.69. The molecule has 0 saturated heterocycles. The third-order valence-electron chi connectivity index (χ3n) is 1.51. The molecule has 1 saturated carbocycles. The highest BCUT2D eigenvalue weighted by Gasteiger charge is 2.19. The third-order valence-corrected chi connectivity index (χ3v) is 1.51. The topological polar surface area (TPSA) is 12.0 Å². The van der Waals surface area contributed by atoms with Gasteiger partial charge in [0.2, 0.25) is 0 Å². The van der Waals surface area contributed by atoms with Crippen LogP contribution in [-0.2, 0) is 0 Å². The molecule has 9 heavy (non-hydrogen) atoms. The van der Waals surface area contributed by atoms with E-state index >= 15 is 0 Å². The summed E-state index contributed by atoms with van der Waals surface area (Å²) in [6.07, 6.45) is 9.87. The third kappa shape index (κ3) is 3.16. The second-order valence-electron chi connectivity index (χ2n) is 2.54. The first-order chi connectivity index (χ1) is 4.43. The standard InChI is InChI=1S/C8H13N/c1-2-3-4-7-9-8-5-6-8/h1,8-9H,3-7H2. The molecule has 0 aromatic carbocycles. The van der Waals surface area contributed by atoms with E-state index in [4.69, 9.17) is 6.42 Å². The zero-order valence-electron chi connectivity index (χ0n) is 5.69. The average molecular weight is 123 g/mol. The molecule has 0 unspecified atom stereocenters. The summed E-state index contributed by atoms with van der Waals surface area (Å²) in [6.45, 7) is 1.11. The lowest BCUT2D eigenvalue weighted by Crippen LogP contribution is -2.16. The summed E-state index contributed by atoms with van der Waals surface area (Å²) < 4.78 is 0. The number of hydrogen-bond donors (Lipinski definition) is 1. The van der Waals surface area contributed by atoms with Crippen LogP contribution in [0.25, 0.3) is 0 Å². The van der Waals surface area contributed by atoms with Crippen molar-refractivity contribution in [3.8, 4) is 12.3 Å². The van der Waals surface area contributed by atoms with Gasteiger partial charge in [0.25, 0.3) is 0 Å². The van der Waals surface area contributed by atoms with E-state index in [1.807, 2.05) is 0 Å². The van der Waals surface area contributed by atoms with Gasteiger partial charge in [-0.15, -0.1) is 12.3 Å². The molecular weight excluding hydrogens is 110 g/mol. The van der Waals surface area contributed by atoms with Gasteiger partial charge in [-0.05, 0) is 25.8 Å². The van der Waals surface area contributed by atoms with E-state index in [1.54, 1.807) is 0 Å². The van der Waals surface area contributed by atoms with E-state index in [-0.39, 0.29) is 0 Å². The number of terminal acetylenes is 1. The van der Waals surface area contributed by atoms with Crippen LogP contribution < -0.4 is 5.32 Å². The summed E-state index contributed by atoms with van der Waals surface area (Å²) >= 11 is 0. The van der Waals surface area contributed by atoms with Crippen LogP contribution in [0.2, 0.25) is 0 Å². The molecule has 0 aromatic heterocycles. The van der Waals surface area contributed by atoms with Gasteiger partial charge in [-0.3, -0.25) is 0 Å². The number of hydrogen-bond acceptors (Lipinski definition) is 1. The van der Waals surface area contributed by atoms with E-state index in [2.05, 4.69) is 11.2 Å². The molecule has 0 heterocycles. The predicted molar refractivity (Wildman–Crippen MR) is 39.1 cm³/mol. The normalized spacial score (nSPS) is 17.2. The summed E-state index contributed by atoms with van der Waals surface area (Å²) in [7, 11) is 0. The molecule has 1 heteroatoms. The van der Waals surface area contributed by atoms with Gasteiger partial charge in [0.15, 0.2) is 0 Å². The molecule has 1 aliphatic rings. The Morgan fingerprint density at radius 2 is 2.33 bits per heavy atom. The summed E-state index contributed by atoms with van der Waals surface area (Å²) in [5.41, 5.74) is 0. The van der Waals surface area contributed by atoms with Crippen molar-refractivity contribution in [1.82, 2.24) is 5.32 Å². The lowest BCUT2D eigenvalue weighted by Gasteiger charge is -1.97. The van der Waals surface area contributed by atoms with E-state index in [1.165, 1.54) is 12.8 Å². The van der Waals surface area contributed by atoms with Gasteiger partial charge in [-0.1, -0.05) is 0 Å². The largest absolute Gasteiger partial charge is 0.314 e. The van der Waals surface area contributed by atoms with E-state index in [9.17, 15) is 0 Å². The highest BCUT2D eigenvalue weighted by atomic mass is 14.9. The minimum Gasteiger partial charge on any atom is -0.314 e. The molecule has 0 spiro atoms. The lowest BCUT2D eigenvalue weighted by molar-refractivity contribution is 0.655. The van der Waals surface area contributed by atoms with Gasteiger partial charge >= 0.3 is 0 Å². The fourth-order valence-corrected chi connectivity index (χ4v) is 0.784. The van der Waals surface area contributed by atoms with Gasteiger partial charge in [0.05, 0.1) is 0 Å². The van der Waals surface area contributed by atoms with Crippen LogP contribution in [0.1, 0.15) is 25.7 Å². The molecule has 1 nitrogen and oxygen atoms in total. The Labute approximate surface area is 56.8 Å². The summed E-state index contributed by atoms with van der Waals surface area (Å²) in [5, 5.41) is 3.40. The van der Waals surface area contributed by atoms with Crippen molar-refractivity contribution in [1.29, 1.82) is 0 Å². The van der Waals surface area contributed by atoms with Gasteiger partial charge < -0.3 is 5.32 Å². The van der Waals surface area contributed by atoms with Crippen molar-refractivity contribution in [2.75, 3.05) is 6.54 Å². The number of nitrogens with one attached hydrogen (secondary N) is 1. The Morgan fingerprint density at radius 1 is 1.56 bits per heavy atom. The highest BCUT2D eigenvalue weighted by molar-refractivity contribution is 4.85. The van der Waals surface area contributed by atoms with Gasteiger partial charge in [0.1, 0.15) is 0 Å². The smallest absolute Gasteiger partial charge is 0.00981 e. The van der Waals surface area contributed by atoms with Crippen LogP contribution in [-0.4, -0.2) is 12.6 Å². The van der Waals surface area contributed by atoms with E-state index in [0.717, 1.165) is 25.4 Å². The molecule has 0 aromatic rings. The first-order valence-electron chi connectivity index (χ1n) is 3.60. The number of rotatable bonds is 4. The second-order valence-corrected chi connectivity index (χ2v) is 2.54. The maximum atomic E-state index is 5.08. The fourth-order valence-electron chi connectivity index (χ4n) is 0.784. The van der Waals surface area contributed by atoms with Crippen molar-refractivity contribution in [2.24, 2.45) is 0 Å². The quantitative estimate of drug-likeness (QED) is 0.437. The molecule has 0 aliphatic heterocycles. The van der Waals surface area contributed by atoms with Crippen molar-refractivity contribution < 1.29 is 0 Å². The van der Waals surface area contributed by atoms with Crippen molar-refractivity contribution in [3.63, 3.8) is 0 Å². The molecule has 0 radical (unpaired) electrons. The van der Waals surface area contributed by atoms with Crippen molar-refractivity contribution in [3.05, 3.63) is 0 Å². The second kappa shape index (κ2) is 3.53. The van der Waals surface area contributed by atoms with Crippen LogP contribution in [0.15, 0.2) is 0 Å². The lowest BCUT2D eigenvalue weighted by atomic mass is 10.3. The van der Waals surface area contributed by atoms with Crippen molar-refractivity contribution in [2.45, 2.75) is 31.7 Å². The van der Waals surface area contributed by atoms with Gasteiger partial charge in [0, 0.05) is 12.5 Å². The minimum atomic E-state index is 0.836. The molecule has 1 rings (SSSR count). The first kappa shape index (κ1) is 6.64. The van der Waals surface area contributed by atoms with Crippen LogP contribution in [0, 0.1) is 12.3 Å². The Kier molecular flexibility index (Phi) is 2.60. The Bertz CT molecular complexity index is 108. The van der Waals surface area contributed by atoms with E-state index in [0.29, 0.717) is 0 Å². The van der Waals surface area contributed by atoms with Crippen LogP contribution in [0.4, 0.5) is 0 Å². The SMILES string of the molecule is C#CCCCNC1CC1. The Balaban J connectivity index is 1.77. The van der Waals surface area contributed by atoms with Crippen molar-refractivity contribution >= 4 is 0 Å². The van der Waals surface area contributed by atoms with Crippen LogP contribution in [0.3, 0.4) is 0 Å². The monoisotopic (exact) mass is 123 g/mol. The predicted octanol–water partition coefficient (Wildman–Crippen LogP) is 1.15. The average Bonchev–Trinajstić information content (AvgIpc) is 2.63. The summed E-state index contributed by atoms with van der Waals surface area (Å²) in [4.78, 5) is 0. The van der Waals surface area contributed by atoms with Gasteiger partial charge in [-0.2, -0.15) is 0 Å². The fraction of sp³-hybridized carbons (Fsp3) is 0.750. The molecule has 50 valence electrons. The molecule has 1 aliphatic carbocycles. The molecule has 0 bridgehead atoms. The van der Waals surface area contributed by atoms with Gasteiger partial charge in [-0.25, -0.2) is 0 Å². The molecular formula is C8H13N. The summed E-state index contributed by atoms with van der Waals surface area (Å²) in [6, 6.07) is 0.836. The van der Waals surface area contributed by atoms with Crippen LogP contribution >= 0.6 is 0 Å². The molecule has 0 amide bonds. The Morgan fingerprint density at radius 3 is 2.89 bits per heavy atom.